The van der Waals surface area contributed by atoms with Gasteiger partial charge in [-0.25, -0.2) is 4.98 Å². The van der Waals surface area contributed by atoms with Gasteiger partial charge in [0.05, 0.1) is 18.6 Å². The highest BCUT2D eigenvalue weighted by molar-refractivity contribution is 5.56. The summed E-state index contributed by atoms with van der Waals surface area (Å²) < 4.78 is 6.94. The first-order valence-electron chi connectivity index (χ1n) is 3.90. The molecule has 0 radical (unpaired) electrons. The van der Waals surface area contributed by atoms with Gasteiger partial charge in [0.1, 0.15) is 0 Å². The predicted molar refractivity (Wildman–Crippen MR) is 48.8 cm³/mol. The lowest BCUT2D eigenvalue weighted by Gasteiger charge is -1.98. The highest BCUT2D eigenvalue weighted by Crippen LogP contribution is 2.06. The minimum atomic E-state index is 0.714. The molecule has 0 fully saturated rings. The van der Waals surface area contributed by atoms with Crippen molar-refractivity contribution in [3.8, 4) is 0 Å². The summed E-state index contributed by atoms with van der Waals surface area (Å²) in [7, 11) is 1.69. The van der Waals surface area contributed by atoms with E-state index >= 15 is 0 Å². The Morgan fingerprint density at radius 1 is 1.75 bits per heavy atom. The minimum absolute atomic E-state index is 0.714. The monoisotopic (exact) mass is 166 g/mol. The van der Waals surface area contributed by atoms with Crippen molar-refractivity contribution in [3.05, 3.63) is 24.8 Å². The van der Waals surface area contributed by atoms with Gasteiger partial charge in [-0.15, -0.1) is 0 Å². The van der Waals surface area contributed by atoms with Crippen LogP contribution in [-0.4, -0.2) is 23.3 Å². The molecule has 0 saturated heterocycles. The summed E-state index contributed by atoms with van der Waals surface area (Å²) in [4.78, 5) is 4.18. The first kappa shape index (κ1) is 9.00. The number of hydrogen-bond donors (Lipinski definition) is 0. The van der Waals surface area contributed by atoms with Crippen molar-refractivity contribution in [2.75, 3.05) is 13.7 Å². The molecule has 66 valence electrons. The van der Waals surface area contributed by atoms with Crippen molar-refractivity contribution >= 4 is 5.57 Å². The van der Waals surface area contributed by atoms with E-state index in [4.69, 9.17) is 4.74 Å². The molecule has 1 aromatic rings. The Labute approximate surface area is 72.7 Å². The van der Waals surface area contributed by atoms with Crippen LogP contribution in [0.3, 0.4) is 0 Å². The molecule has 0 amide bonds. The molecule has 0 aromatic carbocycles. The normalized spacial score (nSPS) is 10.2. The summed E-state index contributed by atoms with van der Waals surface area (Å²) in [6.07, 6.45) is 3.77. The van der Waals surface area contributed by atoms with Gasteiger partial charge < -0.3 is 9.30 Å². The fourth-order valence-electron chi connectivity index (χ4n) is 0.899. The number of ether oxygens (including phenoxy) is 1. The Morgan fingerprint density at radius 2 is 2.50 bits per heavy atom. The first-order chi connectivity index (χ1) is 5.74. The number of nitrogens with zero attached hydrogens (tertiary/aromatic N) is 2. The SMILES string of the molecule is C=C(C)c1cn(CCOC)cn1. The van der Waals surface area contributed by atoms with Gasteiger partial charge in [-0.05, 0) is 12.5 Å². The Bertz CT molecular complexity index is 265. The maximum Gasteiger partial charge on any atom is 0.0954 e. The first-order valence-corrected chi connectivity index (χ1v) is 3.90. The van der Waals surface area contributed by atoms with Crippen molar-refractivity contribution in [3.63, 3.8) is 0 Å². The molecule has 1 rings (SSSR count). The van der Waals surface area contributed by atoms with Crippen molar-refractivity contribution < 1.29 is 4.74 Å². The summed E-state index contributed by atoms with van der Waals surface area (Å²) in [5.74, 6) is 0. The highest BCUT2D eigenvalue weighted by atomic mass is 16.5. The Hall–Kier alpha value is -1.09. The van der Waals surface area contributed by atoms with Crippen LogP contribution in [0.5, 0.6) is 0 Å². The molecule has 0 saturated carbocycles. The molecule has 0 N–H and O–H groups in total. The Morgan fingerprint density at radius 3 is 3.00 bits per heavy atom. The van der Waals surface area contributed by atoms with E-state index in [1.54, 1.807) is 13.4 Å². The molecule has 0 bridgehead atoms. The molecule has 12 heavy (non-hydrogen) atoms. The number of hydrogen-bond acceptors (Lipinski definition) is 2. The van der Waals surface area contributed by atoms with Gasteiger partial charge in [0, 0.05) is 19.9 Å². The largest absolute Gasteiger partial charge is 0.383 e. The van der Waals surface area contributed by atoms with Gasteiger partial charge in [-0.3, -0.25) is 0 Å². The van der Waals surface area contributed by atoms with Crippen LogP contribution in [0.25, 0.3) is 5.57 Å². The molecule has 0 aliphatic rings. The Balaban J connectivity index is 2.58. The van der Waals surface area contributed by atoms with E-state index in [-0.39, 0.29) is 0 Å². The number of allylic oxidation sites excluding steroid dienone is 1. The van der Waals surface area contributed by atoms with Gasteiger partial charge in [-0.2, -0.15) is 0 Å². The van der Waals surface area contributed by atoms with Crippen LogP contribution < -0.4 is 0 Å². The van der Waals surface area contributed by atoms with Crippen molar-refractivity contribution in [2.24, 2.45) is 0 Å². The smallest absolute Gasteiger partial charge is 0.0954 e. The van der Waals surface area contributed by atoms with Crippen LogP contribution in [0, 0.1) is 0 Å². The Kier molecular flexibility index (Phi) is 3.05. The summed E-state index contributed by atoms with van der Waals surface area (Å²) >= 11 is 0. The summed E-state index contributed by atoms with van der Waals surface area (Å²) in [6.45, 7) is 7.32. The van der Waals surface area contributed by atoms with Gasteiger partial charge >= 0.3 is 0 Å². The van der Waals surface area contributed by atoms with E-state index in [1.165, 1.54) is 0 Å². The van der Waals surface area contributed by atoms with Crippen LogP contribution >= 0.6 is 0 Å². The maximum atomic E-state index is 4.94. The molecule has 1 aromatic heterocycles. The maximum absolute atomic E-state index is 4.94. The molecule has 1 heterocycles. The predicted octanol–water partition coefficient (Wildman–Crippen LogP) is 1.56. The number of aromatic nitrogens is 2. The average molecular weight is 166 g/mol. The third kappa shape index (κ3) is 2.20. The molecular weight excluding hydrogens is 152 g/mol. The third-order valence-corrected chi connectivity index (χ3v) is 1.62. The minimum Gasteiger partial charge on any atom is -0.383 e. The lowest BCUT2D eigenvalue weighted by molar-refractivity contribution is 0.187. The van der Waals surface area contributed by atoms with Crippen LogP contribution in [0.4, 0.5) is 0 Å². The summed E-state index contributed by atoms with van der Waals surface area (Å²) in [5.41, 5.74) is 1.94. The molecule has 3 nitrogen and oxygen atoms in total. The topological polar surface area (TPSA) is 27.1 Å². The van der Waals surface area contributed by atoms with Crippen molar-refractivity contribution in [1.82, 2.24) is 9.55 Å². The van der Waals surface area contributed by atoms with Gasteiger partial charge in [0.15, 0.2) is 0 Å². The second kappa shape index (κ2) is 4.07. The fraction of sp³-hybridized carbons (Fsp3) is 0.444. The molecule has 0 spiro atoms. The lowest BCUT2D eigenvalue weighted by atomic mass is 10.3. The van der Waals surface area contributed by atoms with Crippen LogP contribution in [-0.2, 0) is 11.3 Å². The number of rotatable bonds is 4. The van der Waals surface area contributed by atoms with Gasteiger partial charge in [0.25, 0.3) is 0 Å². The van der Waals surface area contributed by atoms with Crippen molar-refractivity contribution in [2.45, 2.75) is 13.5 Å². The fourth-order valence-corrected chi connectivity index (χ4v) is 0.899. The van der Waals surface area contributed by atoms with Crippen LogP contribution in [0.2, 0.25) is 0 Å². The molecule has 0 unspecified atom stereocenters. The van der Waals surface area contributed by atoms with Gasteiger partial charge in [0.2, 0.25) is 0 Å². The van der Waals surface area contributed by atoms with E-state index in [0.717, 1.165) is 17.8 Å². The molecular formula is C9H14N2O. The van der Waals surface area contributed by atoms with E-state index in [0.29, 0.717) is 6.61 Å². The second-order valence-electron chi connectivity index (χ2n) is 2.77. The second-order valence-corrected chi connectivity index (χ2v) is 2.77. The molecule has 0 atom stereocenters. The molecule has 0 aliphatic heterocycles. The van der Waals surface area contributed by atoms with Crippen molar-refractivity contribution in [1.29, 1.82) is 0 Å². The van der Waals surface area contributed by atoms with E-state index < -0.39 is 0 Å². The zero-order valence-corrected chi connectivity index (χ0v) is 7.58. The summed E-state index contributed by atoms with van der Waals surface area (Å²) in [6, 6.07) is 0. The molecule has 3 heteroatoms. The van der Waals surface area contributed by atoms with Crippen LogP contribution in [0.1, 0.15) is 12.6 Å². The highest BCUT2D eigenvalue weighted by Gasteiger charge is 1.97. The standard InChI is InChI=1S/C9H14N2O/c1-8(2)9-6-11(7-10-9)4-5-12-3/h6-7H,1,4-5H2,2-3H3. The lowest BCUT2D eigenvalue weighted by Crippen LogP contribution is -2.00. The zero-order chi connectivity index (χ0) is 8.97. The van der Waals surface area contributed by atoms with Gasteiger partial charge in [-0.1, -0.05) is 6.58 Å². The third-order valence-electron chi connectivity index (χ3n) is 1.62. The summed E-state index contributed by atoms with van der Waals surface area (Å²) in [5, 5.41) is 0. The van der Waals surface area contributed by atoms with Crippen LogP contribution in [0.15, 0.2) is 19.1 Å². The average Bonchev–Trinajstić information content (AvgIpc) is 2.48. The molecule has 0 aliphatic carbocycles. The quantitative estimate of drug-likeness (QED) is 0.678. The van der Waals surface area contributed by atoms with E-state index in [9.17, 15) is 0 Å². The zero-order valence-electron chi connectivity index (χ0n) is 7.58. The number of imidazole rings is 1. The van der Waals surface area contributed by atoms with E-state index in [2.05, 4.69) is 11.6 Å². The van der Waals surface area contributed by atoms with E-state index in [1.807, 2.05) is 17.7 Å². The number of methoxy groups -OCH3 is 1.